The number of carbonyl (C=O) groups excluding carboxylic acids is 1. The van der Waals surface area contributed by atoms with Gasteiger partial charge < -0.3 is 14.4 Å². The molecule has 1 aromatic carbocycles. The normalized spacial score (nSPS) is 17.2. The molecule has 0 saturated carbocycles. The van der Waals surface area contributed by atoms with Crippen LogP contribution in [0.1, 0.15) is 20.3 Å². The van der Waals surface area contributed by atoms with Gasteiger partial charge in [0.05, 0.1) is 6.54 Å². The van der Waals surface area contributed by atoms with Gasteiger partial charge in [0.2, 0.25) is 5.88 Å². The number of pyridine rings is 1. The van der Waals surface area contributed by atoms with Crippen molar-refractivity contribution in [1.29, 1.82) is 0 Å². The molecule has 1 aromatic heterocycles. The maximum atomic E-state index is 12.9. The molecule has 2 heterocycles. The molecule has 1 atom stereocenters. The topological polar surface area (TPSA) is 51.7 Å². The van der Waals surface area contributed by atoms with Gasteiger partial charge >= 0.3 is 0 Å². The lowest BCUT2D eigenvalue weighted by atomic mass is 10.1. The molecule has 1 fully saturated rings. The van der Waals surface area contributed by atoms with E-state index in [2.05, 4.69) is 20.9 Å². The predicted octanol–water partition coefficient (Wildman–Crippen LogP) is 4.33. The third-order valence-corrected chi connectivity index (χ3v) is 4.84. The van der Waals surface area contributed by atoms with E-state index < -0.39 is 5.60 Å². The van der Waals surface area contributed by atoms with E-state index in [-0.39, 0.29) is 12.0 Å². The molecule has 3 rings (SSSR count). The van der Waals surface area contributed by atoms with E-state index in [1.54, 1.807) is 49.2 Å². The fourth-order valence-corrected chi connectivity index (χ4v) is 3.19. The van der Waals surface area contributed by atoms with Gasteiger partial charge in [-0.15, -0.1) is 0 Å². The highest BCUT2D eigenvalue weighted by Crippen LogP contribution is 2.25. The lowest BCUT2D eigenvalue weighted by Crippen LogP contribution is -2.48. The summed E-state index contributed by atoms with van der Waals surface area (Å²) in [7, 11) is 0. The lowest BCUT2D eigenvalue weighted by molar-refractivity contribution is -0.144. The number of aromatic nitrogens is 1. The van der Waals surface area contributed by atoms with Gasteiger partial charge in [-0.25, -0.2) is 4.98 Å². The Bertz CT molecular complexity index is 765. The van der Waals surface area contributed by atoms with Crippen molar-refractivity contribution in [2.24, 2.45) is 0 Å². The molecule has 0 aliphatic carbocycles. The quantitative estimate of drug-likeness (QED) is 0.695. The van der Waals surface area contributed by atoms with Gasteiger partial charge in [-0.1, -0.05) is 11.6 Å². The summed E-state index contributed by atoms with van der Waals surface area (Å²) in [6.45, 7) is 4.69. The van der Waals surface area contributed by atoms with Crippen LogP contribution in [0.2, 0.25) is 5.02 Å². The molecule has 7 heteroatoms. The number of amides is 1. The van der Waals surface area contributed by atoms with E-state index >= 15 is 0 Å². The fraction of sp³-hybridized carbons (Fsp3) is 0.368. The van der Waals surface area contributed by atoms with Crippen molar-refractivity contribution >= 4 is 33.4 Å². The first-order valence-corrected chi connectivity index (χ1v) is 9.53. The Morgan fingerprint density at radius 1 is 1.27 bits per heavy atom. The SMILES string of the molecule is CC(C)(Oc1ccc(Cl)cc1)C(=O)N1CCC(Oc2ccc(Br)cn2)C1. The van der Waals surface area contributed by atoms with E-state index in [1.165, 1.54) is 0 Å². The van der Waals surface area contributed by atoms with Crippen LogP contribution in [0.15, 0.2) is 47.1 Å². The van der Waals surface area contributed by atoms with Crippen LogP contribution < -0.4 is 9.47 Å². The third-order valence-electron chi connectivity index (χ3n) is 4.12. The largest absolute Gasteiger partial charge is 0.478 e. The Balaban J connectivity index is 1.59. The number of benzene rings is 1. The van der Waals surface area contributed by atoms with Crippen LogP contribution >= 0.6 is 27.5 Å². The first-order chi connectivity index (χ1) is 12.3. The van der Waals surface area contributed by atoms with Gasteiger partial charge in [0.25, 0.3) is 5.91 Å². The summed E-state index contributed by atoms with van der Waals surface area (Å²) in [5.74, 6) is 1.10. The highest BCUT2D eigenvalue weighted by atomic mass is 79.9. The van der Waals surface area contributed by atoms with E-state index in [4.69, 9.17) is 21.1 Å². The van der Waals surface area contributed by atoms with Gasteiger partial charge in [-0.05, 0) is 60.1 Å². The second kappa shape index (κ2) is 7.84. The van der Waals surface area contributed by atoms with Crippen molar-refractivity contribution in [3.8, 4) is 11.6 Å². The fourth-order valence-electron chi connectivity index (χ4n) is 2.83. The summed E-state index contributed by atoms with van der Waals surface area (Å²) in [6.07, 6.45) is 2.38. The number of carbonyl (C=O) groups is 1. The average molecular weight is 440 g/mol. The van der Waals surface area contributed by atoms with Gasteiger partial charge in [0, 0.05) is 34.7 Å². The summed E-state index contributed by atoms with van der Waals surface area (Å²) >= 11 is 9.24. The summed E-state index contributed by atoms with van der Waals surface area (Å²) < 4.78 is 12.7. The zero-order valence-electron chi connectivity index (χ0n) is 14.6. The van der Waals surface area contributed by atoms with Crippen molar-refractivity contribution in [1.82, 2.24) is 9.88 Å². The van der Waals surface area contributed by atoms with Crippen molar-refractivity contribution in [2.75, 3.05) is 13.1 Å². The van der Waals surface area contributed by atoms with Crippen LogP contribution in [0.25, 0.3) is 0 Å². The van der Waals surface area contributed by atoms with Crippen molar-refractivity contribution in [3.05, 3.63) is 52.1 Å². The van der Waals surface area contributed by atoms with Crippen molar-refractivity contribution in [2.45, 2.75) is 32.0 Å². The molecular formula is C19H20BrClN2O3. The van der Waals surface area contributed by atoms with Crippen LogP contribution in [0, 0.1) is 0 Å². The summed E-state index contributed by atoms with van der Waals surface area (Å²) in [5, 5.41) is 0.627. The average Bonchev–Trinajstić information content (AvgIpc) is 3.06. The molecular weight excluding hydrogens is 420 g/mol. The first kappa shape index (κ1) is 19.0. The monoisotopic (exact) mass is 438 g/mol. The molecule has 138 valence electrons. The molecule has 0 radical (unpaired) electrons. The minimum absolute atomic E-state index is 0.0673. The highest BCUT2D eigenvalue weighted by Gasteiger charge is 2.38. The molecule has 26 heavy (non-hydrogen) atoms. The van der Waals surface area contributed by atoms with Gasteiger partial charge in [-0.2, -0.15) is 0 Å². The lowest BCUT2D eigenvalue weighted by Gasteiger charge is -2.30. The van der Waals surface area contributed by atoms with Gasteiger partial charge in [-0.3, -0.25) is 4.79 Å². The molecule has 2 aromatic rings. The molecule has 1 amide bonds. The maximum Gasteiger partial charge on any atom is 0.266 e. The second-order valence-electron chi connectivity index (χ2n) is 6.66. The van der Waals surface area contributed by atoms with Gasteiger partial charge in [0.1, 0.15) is 11.9 Å². The molecule has 0 spiro atoms. The number of likely N-dealkylation sites (tertiary alicyclic amines) is 1. The number of hydrogen-bond acceptors (Lipinski definition) is 4. The van der Waals surface area contributed by atoms with Gasteiger partial charge in [0.15, 0.2) is 5.60 Å². The third kappa shape index (κ3) is 4.68. The molecule has 0 bridgehead atoms. The van der Waals surface area contributed by atoms with Crippen LogP contribution in [0.4, 0.5) is 0 Å². The first-order valence-electron chi connectivity index (χ1n) is 8.36. The molecule has 1 aliphatic rings. The summed E-state index contributed by atoms with van der Waals surface area (Å²) in [4.78, 5) is 18.9. The Labute approximate surface area is 166 Å². The standard InChI is InChI=1S/C19H20BrClN2O3/c1-19(2,26-15-6-4-14(21)5-7-15)18(24)23-10-9-16(12-23)25-17-8-3-13(20)11-22-17/h3-8,11,16H,9-10,12H2,1-2H3. The van der Waals surface area contributed by atoms with E-state index in [0.29, 0.717) is 29.7 Å². The van der Waals surface area contributed by atoms with Crippen molar-refractivity contribution < 1.29 is 14.3 Å². The maximum absolute atomic E-state index is 12.9. The Kier molecular flexibility index (Phi) is 5.73. The minimum Gasteiger partial charge on any atom is -0.478 e. The molecule has 0 N–H and O–H groups in total. The summed E-state index contributed by atoms with van der Waals surface area (Å²) in [5.41, 5.74) is -0.974. The van der Waals surface area contributed by atoms with E-state index in [0.717, 1.165) is 10.9 Å². The second-order valence-corrected chi connectivity index (χ2v) is 8.01. The number of hydrogen-bond donors (Lipinski definition) is 0. The Morgan fingerprint density at radius 2 is 2.00 bits per heavy atom. The number of halogens is 2. The predicted molar refractivity (Wildman–Crippen MR) is 104 cm³/mol. The van der Waals surface area contributed by atoms with Crippen LogP contribution in [-0.2, 0) is 4.79 Å². The zero-order valence-corrected chi connectivity index (χ0v) is 17.0. The Morgan fingerprint density at radius 3 is 2.65 bits per heavy atom. The minimum atomic E-state index is -0.974. The summed E-state index contributed by atoms with van der Waals surface area (Å²) in [6, 6.07) is 10.7. The zero-order chi connectivity index (χ0) is 18.7. The van der Waals surface area contributed by atoms with Crippen LogP contribution in [0.3, 0.4) is 0 Å². The number of rotatable bonds is 5. The number of ether oxygens (including phenoxy) is 2. The highest BCUT2D eigenvalue weighted by molar-refractivity contribution is 9.10. The molecule has 1 aliphatic heterocycles. The Hall–Kier alpha value is -1.79. The van der Waals surface area contributed by atoms with E-state index in [1.807, 2.05) is 12.1 Å². The molecule has 5 nitrogen and oxygen atoms in total. The van der Waals surface area contributed by atoms with E-state index in [9.17, 15) is 4.79 Å². The van der Waals surface area contributed by atoms with Crippen molar-refractivity contribution in [3.63, 3.8) is 0 Å². The molecule has 1 unspecified atom stereocenters. The smallest absolute Gasteiger partial charge is 0.266 e. The van der Waals surface area contributed by atoms with Crippen LogP contribution in [-0.4, -0.2) is 40.6 Å². The van der Waals surface area contributed by atoms with Crippen LogP contribution in [0.5, 0.6) is 11.6 Å². The number of nitrogens with zero attached hydrogens (tertiary/aromatic N) is 2. The molecule has 1 saturated heterocycles.